The molecule has 0 spiro atoms. The molecule has 0 aliphatic carbocycles. The minimum Gasteiger partial charge on any atom is -0.496 e. The predicted octanol–water partition coefficient (Wildman–Crippen LogP) is 3.88. The zero-order chi connectivity index (χ0) is 19.4. The third-order valence-corrected chi connectivity index (χ3v) is 4.86. The van der Waals surface area contributed by atoms with Crippen molar-refractivity contribution in [1.29, 1.82) is 0 Å². The van der Waals surface area contributed by atoms with Gasteiger partial charge < -0.3 is 20.1 Å². The average Bonchev–Trinajstić information content (AvgIpc) is 2.68. The highest BCUT2D eigenvalue weighted by atomic mass is 16.5. The van der Waals surface area contributed by atoms with Gasteiger partial charge in [0.15, 0.2) is 0 Å². The predicted molar refractivity (Wildman–Crippen MR) is 105 cm³/mol. The second-order valence-electron chi connectivity index (χ2n) is 6.88. The number of hydrogen-bond donors (Lipinski definition) is 2. The molecule has 142 valence electrons. The van der Waals surface area contributed by atoms with Gasteiger partial charge in [-0.25, -0.2) is 4.79 Å². The first-order valence-electron chi connectivity index (χ1n) is 9.06. The number of nitrogens with one attached hydrogen (secondary N) is 1. The van der Waals surface area contributed by atoms with Gasteiger partial charge in [0.25, 0.3) is 5.91 Å². The summed E-state index contributed by atoms with van der Waals surface area (Å²) in [7, 11) is 1.49. The average molecular weight is 368 g/mol. The Labute approximate surface area is 158 Å². The lowest BCUT2D eigenvalue weighted by molar-refractivity contribution is 0.0698. The Bertz CT molecular complexity index is 850. The van der Waals surface area contributed by atoms with E-state index in [0.29, 0.717) is 17.2 Å². The normalized spacial score (nSPS) is 16.7. The zero-order valence-corrected chi connectivity index (χ0v) is 15.6. The van der Waals surface area contributed by atoms with E-state index in [2.05, 4.69) is 17.1 Å². The van der Waals surface area contributed by atoms with Gasteiger partial charge in [-0.1, -0.05) is 19.1 Å². The van der Waals surface area contributed by atoms with Crippen LogP contribution in [0.25, 0.3) is 0 Å². The van der Waals surface area contributed by atoms with E-state index in [-0.39, 0.29) is 11.3 Å². The number of aromatic carboxylic acids is 1. The van der Waals surface area contributed by atoms with Crippen molar-refractivity contribution in [3.63, 3.8) is 0 Å². The molecule has 1 aliphatic rings. The van der Waals surface area contributed by atoms with Gasteiger partial charge in [-0.05, 0) is 49.1 Å². The second-order valence-corrected chi connectivity index (χ2v) is 6.88. The maximum Gasteiger partial charge on any atom is 0.337 e. The topological polar surface area (TPSA) is 78.9 Å². The molecule has 1 heterocycles. The number of rotatable bonds is 5. The summed E-state index contributed by atoms with van der Waals surface area (Å²) in [6, 6.07) is 12.0. The van der Waals surface area contributed by atoms with E-state index in [1.54, 1.807) is 36.4 Å². The molecule has 6 nitrogen and oxygen atoms in total. The molecule has 2 aromatic carbocycles. The molecule has 0 bridgehead atoms. The number of carboxylic acids is 1. The fourth-order valence-electron chi connectivity index (χ4n) is 3.46. The lowest BCUT2D eigenvalue weighted by Crippen LogP contribution is -2.34. The molecule has 1 fully saturated rings. The minimum absolute atomic E-state index is 0.0778. The molecule has 1 saturated heterocycles. The highest BCUT2D eigenvalue weighted by Gasteiger charge is 2.21. The number of ether oxygens (including phenoxy) is 1. The van der Waals surface area contributed by atoms with Crippen LogP contribution in [-0.4, -0.2) is 37.2 Å². The van der Waals surface area contributed by atoms with Crippen LogP contribution in [0.5, 0.6) is 5.75 Å². The molecule has 2 N–H and O–H groups in total. The SMILES string of the molecule is COc1ccccc1C(=O)Nc1ccc(N2CCC[C@H](C)C2)cc1C(=O)O. The molecular weight excluding hydrogens is 344 g/mol. The third-order valence-electron chi connectivity index (χ3n) is 4.86. The number of piperidine rings is 1. The quantitative estimate of drug-likeness (QED) is 0.837. The smallest absolute Gasteiger partial charge is 0.337 e. The largest absolute Gasteiger partial charge is 0.496 e. The van der Waals surface area contributed by atoms with E-state index in [1.165, 1.54) is 13.5 Å². The molecule has 1 atom stereocenters. The summed E-state index contributed by atoms with van der Waals surface area (Å²) in [5, 5.41) is 12.3. The molecule has 27 heavy (non-hydrogen) atoms. The number of carboxylic acid groups (broad SMARTS) is 1. The van der Waals surface area contributed by atoms with Crippen LogP contribution >= 0.6 is 0 Å². The van der Waals surface area contributed by atoms with Gasteiger partial charge in [-0.15, -0.1) is 0 Å². The van der Waals surface area contributed by atoms with Crippen LogP contribution in [0.1, 0.15) is 40.5 Å². The van der Waals surface area contributed by atoms with Gasteiger partial charge in [-0.2, -0.15) is 0 Å². The van der Waals surface area contributed by atoms with Gasteiger partial charge in [-0.3, -0.25) is 4.79 Å². The molecule has 0 aromatic heterocycles. The summed E-state index contributed by atoms with van der Waals surface area (Å²) in [5.41, 5.74) is 1.57. The maximum absolute atomic E-state index is 12.6. The molecule has 0 unspecified atom stereocenters. The van der Waals surface area contributed by atoms with Crippen molar-refractivity contribution in [2.75, 3.05) is 30.4 Å². The highest BCUT2D eigenvalue weighted by Crippen LogP contribution is 2.28. The van der Waals surface area contributed by atoms with Crippen molar-refractivity contribution >= 4 is 23.3 Å². The molecule has 6 heteroatoms. The first-order valence-corrected chi connectivity index (χ1v) is 9.06. The number of carbonyl (C=O) groups is 2. The van der Waals surface area contributed by atoms with Crippen LogP contribution in [0.2, 0.25) is 0 Å². The Balaban J connectivity index is 1.87. The van der Waals surface area contributed by atoms with Crippen molar-refractivity contribution in [2.45, 2.75) is 19.8 Å². The first kappa shape index (κ1) is 18.8. The number of anilines is 2. The maximum atomic E-state index is 12.6. The van der Waals surface area contributed by atoms with Gasteiger partial charge in [0, 0.05) is 18.8 Å². The van der Waals surface area contributed by atoms with E-state index >= 15 is 0 Å². The second kappa shape index (κ2) is 8.12. The number of para-hydroxylation sites is 1. The summed E-state index contributed by atoms with van der Waals surface area (Å²) in [5.74, 6) is -0.464. The Hall–Kier alpha value is -3.02. The number of amides is 1. The van der Waals surface area contributed by atoms with Crippen LogP contribution in [0.4, 0.5) is 11.4 Å². The van der Waals surface area contributed by atoms with Crippen LogP contribution < -0.4 is 15.0 Å². The molecule has 3 rings (SSSR count). The molecular formula is C21H24N2O4. The van der Waals surface area contributed by atoms with Crippen molar-refractivity contribution < 1.29 is 19.4 Å². The molecule has 1 aliphatic heterocycles. The standard InChI is InChI=1S/C21H24N2O4/c1-14-6-5-11-23(13-14)15-9-10-18(17(12-15)21(25)26)22-20(24)16-7-3-4-8-19(16)27-2/h3-4,7-10,12,14H,5-6,11,13H2,1-2H3,(H,22,24)(H,25,26)/t14-/m0/s1. The monoisotopic (exact) mass is 368 g/mol. The lowest BCUT2D eigenvalue weighted by Gasteiger charge is -2.33. The van der Waals surface area contributed by atoms with E-state index in [1.807, 2.05) is 6.07 Å². The van der Waals surface area contributed by atoms with Crippen molar-refractivity contribution in [1.82, 2.24) is 0 Å². The van der Waals surface area contributed by atoms with E-state index in [9.17, 15) is 14.7 Å². The van der Waals surface area contributed by atoms with E-state index in [0.717, 1.165) is 25.2 Å². The highest BCUT2D eigenvalue weighted by molar-refractivity contribution is 6.09. The molecule has 0 saturated carbocycles. The van der Waals surface area contributed by atoms with Crippen molar-refractivity contribution in [3.05, 3.63) is 53.6 Å². The van der Waals surface area contributed by atoms with Gasteiger partial charge in [0.1, 0.15) is 5.75 Å². The van der Waals surface area contributed by atoms with E-state index in [4.69, 9.17) is 4.74 Å². The Morgan fingerprint density at radius 2 is 1.96 bits per heavy atom. The summed E-state index contributed by atoms with van der Waals surface area (Å²) in [6.45, 7) is 4.02. The zero-order valence-electron chi connectivity index (χ0n) is 15.6. The molecule has 1 amide bonds. The van der Waals surface area contributed by atoms with Crippen LogP contribution in [0.3, 0.4) is 0 Å². The summed E-state index contributed by atoms with van der Waals surface area (Å²) in [6.07, 6.45) is 2.28. The van der Waals surface area contributed by atoms with Gasteiger partial charge in [0.2, 0.25) is 0 Å². The van der Waals surface area contributed by atoms with Crippen LogP contribution in [0.15, 0.2) is 42.5 Å². The third kappa shape index (κ3) is 4.22. The fraction of sp³-hybridized carbons (Fsp3) is 0.333. The summed E-state index contributed by atoms with van der Waals surface area (Å²) in [4.78, 5) is 26.6. The van der Waals surface area contributed by atoms with Crippen molar-refractivity contribution in [2.24, 2.45) is 5.92 Å². The Morgan fingerprint density at radius 1 is 1.19 bits per heavy atom. The van der Waals surface area contributed by atoms with Gasteiger partial charge >= 0.3 is 5.97 Å². The summed E-state index contributed by atoms with van der Waals surface area (Å²) >= 11 is 0. The summed E-state index contributed by atoms with van der Waals surface area (Å²) < 4.78 is 5.21. The molecule has 2 aromatic rings. The number of carbonyl (C=O) groups excluding carboxylic acids is 1. The lowest BCUT2D eigenvalue weighted by atomic mass is 9.99. The van der Waals surface area contributed by atoms with E-state index < -0.39 is 11.9 Å². The number of methoxy groups -OCH3 is 1. The van der Waals surface area contributed by atoms with Gasteiger partial charge in [0.05, 0.1) is 23.9 Å². The number of hydrogen-bond acceptors (Lipinski definition) is 4. The first-order chi connectivity index (χ1) is 13.0. The van der Waals surface area contributed by atoms with Crippen LogP contribution in [-0.2, 0) is 0 Å². The van der Waals surface area contributed by atoms with Crippen molar-refractivity contribution in [3.8, 4) is 5.75 Å². The minimum atomic E-state index is -1.07. The number of nitrogens with zero attached hydrogens (tertiary/aromatic N) is 1. The fourth-order valence-corrected chi connectivity index (χ4v) is 3.46. The molecule has 0 radical (unpaired) electrons. The Kier molecular flexibility index (Phi) is 5.64. The van der Waals surface area contributed by atoms with Crippen LogP contribution in [0, 0.1) is 5.92 Å². The Morgan fingerprint density at radius 3 is 2.67 bits per heavy atom. The number of benzene rings is 2.